The number of allylic oxidation sites excluding steroid dienone is 1. The lowest BCUT2D eigenvalue weighted by atomic mass is 10.2. The smallest absolute Gasteiger partial charge is 0.307 e. The van der Waals surface area contributed by atoms with Crippen LogP contribution >= 0.6 is 19.2 Å². The maximum atomic E-state index is 12.5. The van der Waals surface area contributed by atoms with Crippen molar-refractivity contribution in [3.8, 4) is 6.07 Å². The third-order valence-electron chi connectivity index (χ3n) is 2.10. The number of rotatable bonds is 7. The van der Waals surface area contributed by atoms with E-state index in [9.17, 15) is 4.57 Å². The Bertz CT molecular complexity index is 329. The van der Waals surface area contributed by atoms with Crippen molar-refractivity contribution in [1.82, 2.24) is 0 Å². The van der Waals surface area contributed by atoms with Gasteiger partial charge in [-0.05, 0) is 20.3 Å². The zero-order valence-electron chi connectivity index (χ0n) is 9.83. The van der Waals surface area contributed by atoms with E-state index in [1.165, 1.54) is 0 Å². The van der Waals surface area contributed by atoms with Crippen molar-refractivity contribution in [2.24, 2.45) is 0 Å². The van der Waals surface area contributed by atoms with E-state index >= 15 is 0 Å². The Hall–Kier alpha value is -0.330. The van der Waals surface area contributed by atoms with Gasteiger partial charge in [0.15, 0.2) is 4.62 Å². The molecule has 1 atom stereocenters. The highest BCUT2D eigenvalue weighted by Gasteiger charge is 2.50. The molecular weight excluding hydrogens is 249 g/mol. The molecule has 0 aliphatic carbocycles. The first-order chi connectivity index (χ1) is 7.41. The fourth-order valence-corrected chi connectivity index (χ4v) is 3.51. The Morgan fingerprint density at radius 1 is 1.44 bits per heavy atom. The van der Waals surface area contributed by atoms with Gasteiger partial charge in [-0.3, -0.25) is 4.57 Å². The highest BCUT2D eigenvalue weighted by Crippen LogP contribution is 2.66. The minimum absolute atomic E-state index is 0.00176. The Labute approximate surface area is 102 Å². The van der Waals surface area contributed by atoms with Crippen LogP contribution in [0.25, 0.3) is 0 Å². The van der Waals surface area contributed by atoms with Gasteiger partial charge in [-0.2, -0.15) is 5.26 Å². The molecule has 0 heterocycles. The molecule has 0 saturated carbocycles. The van der Waals surface area contributed by atoms with E-state index in [1.54, 1.807) is 20.8 Å². The molecule has 0 aliphatic heterocycles. The maximum Gasteiger partial charge on any atom is 0.356 e. The molecule has 1 unspecified atom stereocenters. The topological polar surface area (TPSA) is 59.3 Å². The molecule has 0 spiro atoms. The first-order valence-electron chi connectivity index (χ1n) is 5.09. The molecule has 0 N–H and O–H groups in total. The maximum absolute atomic E-state index is 12.5. The van der Waals surface area contributed by atoms with Crippen LogP contribution in [0.4, 0.5) is 0 Å². The van der Waals surface area contributed by atoms with Crippen LogP contribution in [0.3, 0.4) is 0 Å². The second-order valence-electron chi connectivity index (χ2n) is 3.04. The molecular formula is C10H17ClNO3P. The Kier molecular flexibility index (Phi) is 6.28. The molecule has 0 rings (SSSR count). The molecule has 0 aliphatic rings. The standard InChI is InChI=1S/C10H17ClNO3P/c1-5-10(11,9(4)8-12)16(13,14-6-2)15-7-3/h4-7H2,1-3H3. The third kappa shape index (κ3) is 2.87. The molecule has 0 aromatic heterocycles. The average Bonchev–Trinajstić information content (AvgIpc) is 2.27. The summed E-state index contributed by atoms with van der Waals surface area (Å²) < 4.78 is 21.3. The molecule has 4 nitrogen and oxygen atoms in total. The lowest BCUT2D eigenvalue weighted by molar-refractivity contribution is 0.210. The van der Waals surface area contributed by atoms with Crippen LogP contribution in [0, 0.1) is 11.3 Å². The third-order valence-corrected chi connectivity index (χ3v) is 5.87. The molecule has 0 radical (unpaired) electrons. The average molecular weight is 266 g/mol. The van der Waals surface area contributed by atoms with Crippen molar-refractivity contribution in [3.63, 3.8) is 0 Å². The lowest BCUT2D eigenvalue weighted by Gasteiger charge is -2.32. The summed E-state index contributed by atoms with van der Waals surface area (Å²) in [5.74, 6) is 0. The summed E-state index contributed by atoms with van der Waals surface area (Å²) in [5, 5.41) is 8.84. The van der Waals surface area contributed by atoms with Crippen molar-refractivity contribution in [1.29, 1.82) is 5.26 Å². The number of alkyl halides is 1. The van der Waals surface area contributed by atoms with Crippen LogP contribution in [-0.4, -0.2) is 17.8 Å². The van der Waals surface area contributed by atoms with Crippen LogP contribution in [0.1, 0.15) is 27.2 Å². The minimum Gasteiger partial charge on any atom is -0.307 e. The van der Waals surface area contributed by atoms with Crippen LogP contribution in [0.15, 0.2) is 12.2 Å². The van der Waals surface area contributed by atoms with Gasteiger partial charge in [-0.15, -0.1) is 0 Å². The number of hydrogen-bond acceptors (Lipinski definition) is 4. The predicted molar refractivity (Wildman–Crippen MR) is 64.5 cm³/mol. The van der Waals surface area contributed by atoms with E-state index in [4.69, 9.17) is 25.9 Å². The highest BCUT2D eigenvalue weighted by molar-refractivity contribution is 7.58. The molecule has 92 valence electrons. The van der Waals surface area contributed by atoms with Crippen molar-refractivity contribution in [2.75, 3.05) is 13.2 Å². The van der Waals surface area contributed by atoms with Gasteiger partial charge in [0, 0.05) is 0 Å². The van der Waals surface area contributed by atoms with Crippen molar-refractivity contribution in [2.45, 2.75) is 31.8 Å². The van der Waals surface area contributed by atoms with Crippen LogP contribution in [-0.2, 0) is 13.6 Å². The van der Waals surface area contributed by atoms with Gasteiger partial charge in [-0.1, -0.05) is 25.1 Å². The van der Waals surface area contributed by atoms with Gasteiger partial charge in [0.2, 0.25) is 0 Å². The molecule has 0 saturated heterocycles. The summed E-state index contributed by atoms with van der Waals surface area (Å²) in [7, 11) is -3.57. The van der Waals surface area contributed by atoms with E-state index in [-0.39, 0.29) is 25.2 Å². The van der Waals surface area contributed by atoms with Crippen molar-refractivity contribution in [3.05, 3.63) is 12.2 Å². The number of nitrogens with zero attached hydrogens (tertiary/aromatic N) is 1. The van der Waals surface area contributed by atoms with E-state index in [0.29, 0.717) is 0 Å². The van der Waals surface area contributed by atoms with E-state index in [2.05, 4.69) is 6.58 Å². The minimum atomic E-state index is -3.57. The van der Waals surface area contributed by atoms with Gasteiger partial charge < -0.3 is 9.05 Å². The second-order valence-corrected chi connectivity index (χ2v) is 6.22. The molecule has 0 bridgehead atoms. The largest absolute Gasteiger partial charge is 0.356 e. The Morgan fingerprint density at radius 3 is 2.12 bits per heavy atom. The van der Waals surface area contributed by atoms with Gasteiger partial charge in [0.25, 0.3) is 0 Å². The van der Waals surface area contributed by atoms with Crippen LogP contribution in [0.2, 0.25) is 0 Å². The summed E-state index contributed by atoms with van der Waals surface area (Å²) >= 11 is 6.20. The van der Waals surface area contributed by atoms with Gasteiger partial charge in [0.1, 0.15) is 0 Å². The molecule has 0 aromatic carbocycles. The summed E-state index contributed by atoms with van der Waals surface area (Å²) in [6, 6.07) is 1.82. The van der Waals surface area contributed by atoms with Gasteiger partial charge in [-0.25, -0.2) is 0 Å². The van der Waals surface area contributed by atoms with Crippen molar-refractivity contribution < 1.29 is 13.6 Å². The molecule has 16 heavy (non-hydrogen) atoms. The monoisotopic (exact) mass is 265 g/mol. The number of nitriles is 1. The fourth-order valence-electron chi connectivity index (χ4n) is 1.24. The van der Waals surface area contributed by atoms with Crippen molar-refractivity contribution >= 4 is 19.2 Å². The summed E-state index contributed by atoms with van der Waals surface area (Å²) in [6.45, 7) is 9.00. The lowest BCUT2D eigenvalue weighted by Crippen LogP contribution is -2.25. The molecule has 0 amide bonds. The first kappa shape index (κ1) is 15.7. The molecule has 6 heteroatoms. The SMILES string of the molecule is C=C(C#N)C(Cl)(CC)P(=O)(OCC)OCC. The number of hydrogen-bond donors (Lipinski definition) is 0. The Morgan fingerprint density at radius 2 is 1.88 bits per heavy atom. The fraction of sp³-hybridized carbons (Fsp3) is 0.700. The summed E-state index contributed by atoms with van der Waals surface area (Å²) in [6.07, 6.45) is 0.248. The zero-order valence-corrected chi connectivity index (χ0v) is 11.5. The van der Waals surface area contributed by atoms with Gasteiger partial charge in [0.05, 0.1) is 24.9 Å². The normalized spacial score (nSPS) is 15.2. The number of halogens is 1. The zero-order chi connectivity index (χ0) is 12.8. The van der Waals surface area contributed by atoms with E-state index < -0.39 is 12.2 Å². The van der Waals surface area contributed by atoms with Crippen LogP contribution in [0.5, 0.6) is 0 Å². The second kappa shape index (κ2) is 6.42. The highest BCUT2D eigenvalue weighted by atomic mass is 35.5. The van der Waals surface area contributed by atoms with Crippen LogP contribution < -0.4 is 0 Å². The summed E-state index contributed by atoms with van der Waals surface area (Å²) in [4.78, 5) is 0. The first-order valence-corrected chi connectivity index (χ1v) is 7.01. The molecule has 0 aromatic rings. The van der Waals surface area contributed by atoms with E-state index in [0.717, 1.165) is 0 Å². The molecule has 0 fully saturated rings. The predicted octanol–water partition coefficient (Wildman–Crippen LogP) is 3.68. The van der Waals surface area contributed by atoms with E-state index in [1.807, 2.05) is 6.07 Å². The quantitative estimate of drug-likeness (QED) is 0.400. The Balaban J connectivity index is 5.38. The summed E-state index contributed by atoms with van der Waals surface area (Å²) in [5.41, 5.74) is 0.00176. The van der Waals surface area contributed by atoms with Gasteiger partial charge >= 0.3 is 7.60 Å².